The fourth-order valence-electron chi connectivity index (χ4n) is 2.72. The quantitative estimate of drug-likeness (QED) is 0.292. The molecule has 28 heavy (non-hydrogen) atoms. The van der Waals surface area contributed by atoms with Gasteiger partial charge in [-0.1, -0.05) is 12.8 Å². The van der Waals surface area contributed by atoms with Crippen molar-refractivity contribution in [3.05, 3.63) is 42.2 Å². The van der Waals surface area contributed by atoms with Crippen molar-refractivity contribution in [2.75, 3.05) is 26.4 Å². The summed E-state index contributed by atoms with van der Waals surface area (Å²) in [5, 5.41) is 0. The lowest BCUT2D eigenvalue weighted by molar-refractivity contribution is -0.131. The van der Waals surface area contributed by atoms with E-state index >= 15 is 0 Å². The smallest absolute Gasteiger partial charge is 0.308 e. The van der Waals surface area contributed by atoms with Crippen molar-refractivity contribution in [2.45, 2.75) is 46.0 Å². The first-order valence-corrected chi connectivity index (χ1v) is 9.94. The molecule has 2 aromatic rings. The Labute approximate surface area is 167 Å². The maximum absolute atomic E-state index is 11.0. The minimum atomic E-state index is -0.331. The van der Waals surface area contributed by atoms with E-state index in [-0.39, 0.29) is 5.97 Å². The van der Waals surface area contributed by atoms with Crippen LogP contribution >= 0.6 is 0 Å². The number of rotatable bonds is 13. The average molecular weight is 386 g/mol. The number of esters is 1. The summed E-state index contributed by atoms with van der Waals surface area (Å²) in [5.41, 5.74) is 2.04. The lowest BCUT2D eigenvalue weighted by atomic mass is 10.1. The Hall–Kier alpha value is -2.31. The van der Waals surface area contributed by atoms with Crippen molar-refractivity contribution in [2.24, 2.45) is 0 Å². The zero-order chi connectivity index (χ0) is 20.0. The topological polar surface area (TPSA) is 70.5 Å². The molecule has 0 aliphatic rings. The summed E-state index contributed by atoms with van der Waals surface area (Å²) in [6, 6.07) is 7.19. The number of hydrogen-bond donors (Lipinski definition) is 0. The van der Waals surface area contributed by atoms with Crippen LogP contribution in [0.3, 0.4) is 0 Å². The number of carbonyl (C=O) groups is 1. The van der Waals surface area contributed by atoms with E-state index in [0.717, 1.165) is 43.6 Å². The van der Waals surface area contributed by atoms with Gasteiger partial charge >= 0.3 is 5.97 Å². The Morgan fingerprint density at radius 3 is 2.25 bits per heavy atom. The fraction of sp³-hybridized carbons (Fsp3) is 0.500. The van der Waals surface area contributed by atoms with E-state index < -0.39 is 0 Å². The van der Waals surface area contributed by atoms with Crippen LogP contribution in [0.1, 0.15) is 45.1 Å². The lowest BCUT2D eigenvalue weighted by Gasteiger charge is -2.06. The third-order valence-corrected chi connectivity index (χ3v) is 4.16. The highest BCUT2D eigenvalue weighted by molar-refractivity contribution is 5.69. The van der Waals surface area contributed by atoms with Crippen LogP contribution in [0.2, 0.25) is 0 Å². The Morgan fingerprint density at radius 1 is 0.893 bits per heavy atom. The molecule has 0 aliphatic heterocycles. The highest BCUT2D eigenvalue weighted by atomic mass is 16.5. The normalized spacial score (nSPS) is 10.8. The summed E-state index contributed by atoms with van der Waals surface area (Å²) < 4.78 is 15.8. The van der Waals surface area contributed by atoms with E-state index in [1.54, 1.807) is 12.1 Å². The second kappa shape index (κ2) is 13.0. The first kappa shape index (κ1) is 22.0. The van der Waals surface area contributed by atoms with Gasteiger partial charge in [-0.3, -0.25) is 4.79 Å². The molecule has 0 fully saturated rings. The second-order valence-electron chi connectivity index (χ2n) is 6.51. The zero-order valence-corrected chi connectivity index (χ0v) is 16.9. The summed E-state index contributed by atoms with van der Waals surface area (Å²) >= 11 is 0. The second-order valence-corrected chi connectivity index (χ2v) is 6.51. The molecule has 1 heterocycles. The van der Waals surface area contributed by atoms with Gasteiger partial charge in [-0.05, 0) is 56.0 Å². The molecular formula is C22H30N2O4. The van der Waals surface area contributed by atoms with Gasteiger partial charge in [0.25, 0.3) is 0 Å². The van der Waals surface area contributed by atoms with E-state index in [0.29, 0.717) is 24.8 Å². The molecule has 0 N–H and O–H groups in total. The van der Waals surface area contributed by atoms with Crippen LogP contribution in [-0.4, -0.2) is 42.4 Å². The van der Waals surface area contributed by atoms with Crippen molar-refractivity contribution >= 4 is 5.97 Å². The fourth-order valence-corrected chi connectivity index (χ4v) is 2.72. The van der Waals surface area contributed by atoms with Crippen LogP contribution < -0.4 is 4.74 Å². The summed E-state index contributed by atoms with van der Waals surface area (Å²) in [5.74, 6) is 0.859. The molecule has 0 saturated heterocycles. The SMILES string of the molecule is CCOCCOCCCCCCc1cnc(-c2ccc(OC(C)=O)cc2)nc1. The first-order chi connectivity index (χ1) is 13.7. The highest BCUT2D eigenvalue weighted by Gasteiger charge is 2.04. The van der Waals surface area contributed by atoms with Gasteiger partial charge in [0.2, 0.25) is 0 Å². The maximum atomic E-state index is 11.0. The van der Waals surface area contributed by atoms with Crippen molar-refractivity contribution in [1.82, 2.24) is 9.97 Å². The third kappa shape index (κ3) is 8.59. The molecule has 0 spiro atoms. The van der Waals surface area contributed by atoms with Crippen LogP contribution in [0, 0.1) is 0 Å². The molecule has 0 radical (unpaired) electrons. The minimum absolute atomic E-state index is 0.331. The average Bonchev–Trinajstić information content (AvgIpc) is 2.70. The minimum Gasteiger partial charge on any atom is -0.427 e. The Balaban J connectivity index is 1.64. The number of ether oxygens (including phenoxy) is 3. The molecule has 2 rings (SSSR count). The van der Waals surface area contributed by atoms with Crippen LogP contribution in [0.25, 0.3) is 11.4 Å². The van der Waals surface area contributed by atoms with Gasteiger partial charge in [-0.15, -0.1) is 0 Å². The van der Waals surface area contributed by atoms with Crippen LogP contribution in [0.4, 0.5) is 0 Å². The highest BCUT2D eigenvalue weighted by Crippen LogP contribution is 2.19. The van der Waals surface area contributed by atoms with E-state index in [9.17, 15) is 4.79 Å². The Morgan fingerprint density at radius 2 is 1.57 bits per heavy atom. The lowest BCUT2D eigenvalue weighted by Crippen LogP contribution is -2.04. The summed E-state index contributed by atoms with van der Waals surface area (Å²) in [6.45, 7) is 6.29. The van der Waals surface area contributed by atoms with Gasteiger partial charge in [-0.2, -0.15) is 0 Å². The monoisotopic (exact) mass is 386 g/mol. The van der Waals surface area contributed by atoms with Gasteiger partial charge in [0, 0.05) is 38.1 Å². The van der Waals surface area contributed by atoms with E-state index in [1.807, 2.05) is 31.5 Å². The largest absolute Gasteiger partial charge is 0.427 e. The molecule has 0 amide bonds. The first-order valence-electron chi connectivity index (χ1n) is 9.94. The number of carbonyl (C=O) groups excluding carboxylic acids is 1. The maximum Gasteiger partial charge on any atom is 0.308 e. The van der Waals surface area contributed by atoms with Crippen molar-refractivity contribution in [3.63, 3.8) is 0 Å². The number of aromatic nitrogens is 2. The molecular weight excluding hydrogens is 356 g/mol. The number of aryl methyl sites for hydroxylation is 1. The van der Waals surface area contributed by atoms with Gasteiger partial charge in [-0.25, -0.2) is 9.97 Å². The number of unbranched alkanes of at least 4 members (excludes halogenated alkanes) is 3. The molecule has 0 saturated carbocycles. The predicted octanol–water partition coefficient (Wildman–Crippen LogP) is 4.22. The van der Waals surface area contributed by atoms with Crippen LogP contribution in [0.5, 0.6) is 5.75 Å². The van der Waals surface area contributed by atoms with Crippen LogP contribution in [0.15, 0.2) is 36.7 Å². The van der Waals surface area contributed by atoms with Crippen LogP contribution in [-0.2, 0) is 20.7 Å². The summed E-state index contributed by atoms with van der Waals surface area (Å²) in [7, 11) is 0. The molecule has 0 atom stereocenters. The number of nitrogens with zero attached hydrogens (tertiary/aromatic N) is 2. The van der Waals surface area contributed by atoms with Gasteiger partial charge in [0.05, 0.1) is 13.2 Å². The van der Waals surface area contributed by atoms with Crippen molar-refractivity contribution < 1.29 is 19.0 Å². The molecule has 6 nitrogen and oxygen atoms in total. The molecule has 0 bridgehead atoms. The third-order valence-electron chi connectivity index (χ3n) is 4.16. The van der Waals surface area contributed by atoms with Crippen molar-refractivity contribution in [3.8, 4) is 17.1 Å². The van der Waals surface area contributed by atoms with Crippen molar-refractivity contribution in [1.29, 1.82) is 0 Å². The Bertz CT molecular complexity index is 687. The number of benzene rings is 1. The molecule has 6 heteroatoms. The van der Waals surface area contributed by atoms with E-state index in [1.165, 1.54) is 19.8 Å². The molecule has 0 unspecified atom stereocenters. The van der Waals surface area contributed by atoms with E-state index in [2.05, 4.69) is 9.97 Å². The van der Waals surface area contributed by atoms with Gasteiger partial charge in [0.15, 0.2) is 5.82 Å². The van der Waals surface area contributed by atoms with Gasteiger partial charge in [0.1, 0.15) is 5.75 Å². The van der Waals surface area contributed by atoms with Gasteiger partial charge < -0.3 is 14.2 Å². The van der Waals surface area contributed by atoms with E-state index in [4.69, 9.17) is 14.2 Å². The molecule has 152 valence electrons. The molecule has 0 aliphatic carbocycles. The standard InChI is InChI=1S/C22H30N2O4/c1-3-26-14-15-27-13-7-5-4-6-8-19-16-23-22(24-17-19)20-9-11-21(12-10-20)28-18(2)25/h9-12,16-17H,3-8,13-15H2,1-2H3. The Kier molecular flexibility index (Phi) is 10.2. The molecule has 1 aromatic carbocycles. The summed E-state index contributed by atoms with van der Waals surface area (Å²) in [6.07, 6.45) is 9.31. The number of hydrogen-bond acceptors (Lipinski definition) is 6. The zero-order valence-electron chi connectivity index (χ0n) is 16.9. The molecule has 1 aromatic heterocycles. The predicted molar refractivity (Wildman–Crippen MR) is 108 cm³/mol. The summed E-state index contributed by atoms with van der Waals surface area (Å²) in [4.78, 5) is 19.9.